The van der Waals surface area contributed by atoms with Crippen LogP contribution in [0.4, 0.5) is 0 Å². The summed E-state index contributed by atoms with van der Waals surface area (Å²) in [6.07, 6.45) is 4.09. The van der Waals surface area contributed by atoms with Gasteiger partial charge in [-0.3, -0.25) is 9.69 Å². The van der Waals surface area contributed by atoms with Crippen molar-refractivity contribution in [3.63, 3.8) is 0 Å². The lowest BCUT2D eigenvalue weighted by Crippen LogP contribution is -2.56. The molecule has 130 valence electrons. The van der Waals surface area contributed by atoms with Crippen LogP contribution in [0.2, 0.25) is 0 Å². The molecule has 0 aromatic carbocycles. The van der Waals surface area contributed by atoms with Crippen LogP contribution in [0.1, 0.15) is 19.0 Å². The highest BCUT2D eigenvalue weighted by Gasteiger charge is 2.39. The van der Waals surface area contributed by atoms with Crippen molar-refractivity contribution in [1.82, 2.24) is 19.4 Å². The number of rotatable bonds is 7. The largest absolute Gasteiger partial charge is 0.382 e. The Bertz CT molecular complexity index is 513. The number of ether oxygens (including phenoxy) is 2. The summed E-state index contributed by atoms with van der Waals surface area (Å²) < 4.78 is 13.5. The predicted molar refractivity (Wildman–Crippen MR) is 87.0 cm³/mol. The van der Waals surface area contributed by atoms with Gasteiger partial charge in [-0.1, -0.05) is 0 Å². The molecule has 1 aliphatic heterocycles. The average Bonchev–Trinajstić information content (AvgIpc) is 2.94. The van der Waals surface area contributed by atoms with Gasteiger partial charge in [0.15, 0.2) is 0 Å². The lowest BCUT2D eigenvalue weighted by Gasteiger charge is -2.42. The fraction of sp³-hybridized carbons (Fsp3) is 0.750. The minimum atomic E-state index is -0.578. The Balaban J connectivity index is 2.07. The van der Waals surface area contributed by atoms with Gasteiger partial charge in [0.25, 0.3) is 0 Å². The summed E-state index contributed by atoms with van der Waals surface area (Å²) in [5, 5.41) is 0. The van der Waals surface area contributed by atoms with E-state index in [2.05, 4.69) is 21.4 Å². The van der Waals surface area contributed by atoms with Gasteiger partial charge < -0.3 is 18.9 Å². The molecule has 0 saturated carbocycles. The topological polar surface area (TPSA) is 59.8 Å². The molecule has 1 aromatic heterocycles. The van der Waals surface area contributed by atoms with E-state index in [0.717, 1.165) is 19.6 Å². The Morgan fingerprint density at radius 2 is 2.30 bits per heavy atom. The Labute approximate surface area is 138 Å². The fourth-order valence-corrected chi connectivity index (χ4v) is 2.99. The highest BCUT2D eigenvalue weighted by molar-refractivity contribution is 5.76. The Morgan fingerprint density at radius 1 is 1.52 bits per heavy atom. The zero-order valence-electron chi connectivity index (χ0n) is 14.6. The van der Waals surface area contributed by atoms with E-state index >= 15 is 0 Å². The summed E-state index contributed by atoms with van der Waals surface area (Å²) in [4.78, 5) is 20.3. The second-order valence-corrected chi connectivity index (χ2v) is 6.31. The molecule has 0 bridgehead atoms. The maximum atomic E-state index is 12.2. The SMILES string of the molecule is CCn1cncc1CN1CCO[C@](COC)(CC(=O)N(C)C)C1. The van der Waals surface area contributed by atoms with E-state index in [0.29, 0.717) is 26.2 Å². The van der Waals surface area contributed by atoms with Gasteiger partial charge in [0, 0.05) is 53.6 Å². The van der Waals surface area contributed by atoms with Crippen LogP contribution < -0.4 is 0 Å². The van der Waals surface area contributed by atoms with Crippen molar-refractivity contribution in [2.24, 2.45) is 0 Å². The first kappa shape index (κ1) is 17.9. The quantitative estimate of drug-likeness (QED) is 0.735. The first-order chi connectivity index (χ1) is 11.0. The minimum Gasteiger partial charge on any atom is -0.382 e. The van der Waals surface area contributed by atoms with Crippen molar-refractivity contribution in [2.45, 2.75) is 32.0 Å². The normalized spacial score (nSPS) is 22.3. The third kappa shape index (κ3) is 4.53. The van der Waals surface area contributed by atoms with Gasteiger partial charge in [0.05, 0.1) is 31.7 Å². The number of morpholine rings is 1. The highest BCUT2D eigenvalue weighted by atomic mass is 16.5. The fourth-order valence-electron chi connectivity index (χ4n) is 2.99. The molecule has 0 aliphatic carbocycles. The van der Waals surface area contributed by atoms with Crippen molar-refractivity contribution >= 4 is 5.91 Å². The molecule has 0 unspecified atom stereocenters. The molecule has 1 aliphatic rings. The van der Waals surface area contributed by atoms with Crippen molar-refractivity contribution in [3.8, 4) is 0 Å². The van der Waals surface area contributed by atoms with Crippen LogP contribution >= 0.6 is 0 Å². The first-order valence-electron chi connectivity index (χ1n) is 8.04. The number of imidazole rings is 1. The van der Waals surface area contributed by atoms with Crippen molar-refractivity contribution < 1.29 is 14.3 Å². The van der Waals surface area contributed by atoms with Crippen LogP contribution in [0.25, 0.3) is 0 Å². The van der Waals surface area contributed by atoms with Gasteiger partial charge in [-0.15, -0.1) is 0 Å². The number of carbonyl (C=O) groups is 1. The summed E-state index contributed by atoms with van der Waals surface area (Å²) in [6.45, 7) is 6.35. The second-order valence-electron chi connectivity index (χ2n) is 6.31. The standard InChI is InChI=1S/C16H28N4O3/c1-5-20-13-17-9-14(20)10-19-6-7-23-16(11-19,12-22-4)8-15(21)18(2)3/h9,13H,5-8,10-12H2,1-4H3/t16-/m1/s1. The van der Waals surface area contributed by atoms with Crippen molar-refractivity contribution in [1.29, 1.82) is 0 Å². The molecule has 0 N–H and O–H groups in total. The first-order valence-corrected chi connectivity index (χ1v) is 8.04. The monoisotopic (exact) mass is 324 g/mol. The highest BCUT2D eigenvalue weighted by Crippen LogP contribution is 2.24. The summed E-state index contributed by atoms with van der Waals surface area (Å²) in [7, 11) is 5.18. The molecular weight excluding hydrogens is 296 g/mol. The van der Waals surface area contributed by atoms with E-state index in [1.165, 1.54) is 5.69 Å². The van der Waals surface area contributed by atoms with Crippen LogP contribution in [0.3, 0.4) is 0 Å². The van der Waals surface area contributed by atoms with Crippen molar-refractivity contribution in [3.05, 3.63) is 18.2 Å². The lowest BCUT2D eigenvalue weighted by molar-refractivity contribution is -0.160. The van der Waals surface area contributed by atoms with Gasteiger partial charge in [0.1, 0.15) is 5.60 Å². The van der Waals surface area contributed by atoms with Crippen LogP contribution in [0.15, 0.2) is 12.5 Å². The summed E-state index contributed by atoms with van der Waals surface area (Å²) in [5.74, 6) is 0.0579. The molecule has 0 spiro atoms. The Hall–Kier alpha value is -1.44. The number of methoxy groups -OCH3 is 1. The molecule has 1 amide bonds. The average molecular weight is 324 g/mol. The van der Waals surface area contributed by atoms with E-state index in [4.69, 9.17) is 9.47 Å². The van der Waals surface area contributed by atoms with Crippen LogP contribution in [0, 0.1) is 0 Å². The maximum absolute atomic E-state index is 12.2. The van der Waals surface area contributed by atoms with E-state index in [-0.39, 0.29) is 5.91 Å². The third-order valence-corrected chi connectivity index (χ3v) is 4.23. The van der Waals surface area contributed by atoms with Gasteiger partial charge in [-0.25, -0.2) is 4.98 Å². The molecule has 7 heteroatoms. The van der Waals surface area contributed by atoms with Crippen molar-refractivity contribution in [2.75, 3.05) is 47.5 Å². The Morgan fingerprint density at radius 3 is 2.96 bits per heavy atom. The number of amides is 1. The van der Waals surface area contributed by atoms with Gasteiger partial charge in [-0.2, -0.15) is 0 Å². The van der Waals surface area contributed by atoms with Crippen LogP contribution in [-0.4, -0.2) is 78.4 Å². The Kier molecular flexibility index (Phi) is 6.15. The van der Waals surface area contributed by atoms with Gasteiger partial charge in [-0.05, 0) is 6.92 Å². The number of hydrogen-bond acceptors (Lipinski definition) is 5. The van der Waals surface area contributed by atoms with Crippen LogP contribution in [-0.2, 0) is 27.4 Å². The number of aryl methyl sites for hydroxylation is 1. The molecule has 2 rings (SSSR count). The predicted octanol–water partition coefficient (Wildman–Crippen LogP) is 0.599. The smallest absolute Gasteiger partial charge is 0.225 e. The minimum absolute atomic E-state index is 0.0579. The molecule has 23 heavy (non-hydrogen) atoms. The van der Waals surface area contributed by atoms with Gasteiger partial charge in [0.2, 0.25) is 5.91 Å². The maximum Gasteiger partial charge on any atom is 0.225 e. The van der Waals surface area contributed by atoms with Crippen LogP contribution in [0.5, 0.6) is 0 Å². The zero-order valence-corrected chi connectivity index (χ0v) is 14.6. The number of aromatic nitrogens is 2. The molecule has 1 atom stereocenters. The molecule has 1 fully saturated rings. The summed E-state index contributed by atoms with van der Waals surface area (Å²) >= 11 is 0. The van der Waals surface area contributed by atoms with Gasteiger partial charge >= 0.3 is 0 Å². The molecule has 7 nitrogen and oxygen atoms in total. The number of hydrogen-bond donors (Lipinski definition) is 0. The lowest BCUT2D eigenvalue weighted by atomic mass is 9.97. The molecule has 0 radical (unpaired) electrons. The number of nitrogens with zero attached hydrogens (tertiary/aromatic N) is 4. The summed E-state index contributed by atoms with van der Waals surface area (Å²) in [6, 6.07) is 0. The third-order valence-electron chi connectivity index (χ3n) is 4.23. The number of carbonyl (C=O) groups excluding carboxylic acids is 1. The molecule has 1 saturated heterocycles. The van der Waals surface area contributed by atoms with E-state index in [1.807, 2.05) is 12.5 Å². The zero-order chi connectivity index (χ0) is 16.9. The van der Waals surface area contributed by atoms with E-state index in [1.54, 1.807) is 26.1 Å². The van der Waals surface area contributed by atoms with E-state index < -0.39 is 5.60 Å². The second kappa shape index (κ2) is 7.90. The molecule has 2 heterocycles. The molecule has 1 aromatic rings. The molecular formula is C16H28N4O3. The summed E-state index contributed by atoms with van der Waals surface area (Å²) in [5.41, 5.74) is 0.602. The van der Waals surface area contributed by atoms with E-state index in [9.17, 15) is 4.79 Å².